The van der Waals surface area contributed by atoms with Gasteiger partial charge in [0.25, 0.3) is 0 Å². The van der Waals surface area contributed by atoms with Crippen LogP contribution in [0.25, 0.3) is 0 Å². The first-order chi connectivity index (χ1) is 5.24. The molecule has 0 radical (unpaired) electrons. The molecule has 0 saturated heterocycles. The number of hydrogen-bond acceptors (Lipinski definition) is 2. The van der Waals surface area contributed by atoms with Crippen LogP contribution in [0.3, 0.4) is 0 Å². The van der Waals surface area contributed by atoms with E-state index >= 15 is 0 Å². The number of hydrogen-bond donors (Lipinski definition) is 0. The highest BCUT2D eigenvalue weighted by atomic mass is 15.3. The fourth-order valence-corrected chi connectivity index (χ4v) is 0.844. The monoisotopic (exact) mass is 149 g/mol. The number of rotatable bonds is 1. The van der Waals surface area contributed by atoms with Gasteiger partial charge in [-0.3, -0.25) is 4.68 Å². The standard InChI is InChI=1S/C8H11N3/c1-4-9-8-6-5-7(2)10-11(8)3/h4-6H,1H2,2-3H3. The molecule has 11 heavy (non-hydrogen) atoms. The fourth-order valence-electron chi connectivity index (χ4n) is 0.844. The molecule has 0 amide bonds. The zero-order chi connectivity index (χ0) is 8.27. The van der Waals surface area contributed by atoms with Gasteiger partial charge in [-0.25, -0.2) is 4.99 Å². The highest BCUT2D eigenvalue weighted by Gasteiger charge is 1.86. The van der Waals surface area contributed by atoms with Crippen LogP contribution in [0.2, 0.25) is 0 Å². The molecule has 1 rings (SSSR count). The average Bonchev–Trinajstić information content (AvgIpc) is 1.95. The molecule has 0 fully saturated rings. The maximum atomic E-state index is 4.17. The normalized spacial score (nSPS) is 11.6. The second-order valence-corrected chi connectivity index (χ2v) is 2.27. The lowest BCUT2D eigenvalue weighted by atomic mass is 10.4. The van der Waals surface area contributed by atoms with Crippen LogP contribution in [0.15, 0.2) is 29.9 Å². The van der Waals surface area contributed by atoms with E-state index in [1.807, 2.05) is 26.1 Å². The summed E-state index contributed by atoms with van der Waals surface area (Å²) in [4.78, 5) is 4.01. The Labute approximate surface area is 65.7 Å². The van der Waals surface area contributed by atoms with Crippen molar-refractivity contribution in [2.24, 2.45) is 12.0 Å². The molecule has 0 spiro atoms. The molecule has 58 valence electrons. The summed E-state index contributed by atoms with van der Waals surface area (Å²) in [6, 6.07) is 3.83. The zero-order valence-electron chi connectivity index (χ0n) is 6.78. The van der Waals surface area contributed by atoms with Crippen molar-refractivity contribution in [3.05, 3.63) is 36.1 Å². The van der Waals surface area contributed by atoms with Gasteiger partial charge in [0.1, 0.15) is 5.49 Å². The molecule has 1 aromatic heterocycles. The van der Waals surface area contributed by atoms with E-state index in [9.17, 15) is 0 Å². The third kappa shape index (κ3) is 1.77. The van der Waals surface area contributed by atoms with E-state index in [4.69, 9.17) is 0 Å². The largest absolute Gasteiger partial charge is 0.251 e. The summed E-state index contributed by atoms with van der Waals surface area (Å²) in [5.41, 5.74) is 1.79. The van der Waals surface area contributed by atoms with E-state index in [-0.39, 0.29) is 0 Å². The summed E-state index contributed by atoms with van der Waals surface area (Å²) < 4.78 is 1.72. The Bertz CT molecular complexity index is 322. The predicted molar refractivity (Wildman–Crippen MR) is 43.7 cm³/mol. The van der Waals surface area contributed by atoms with Gasteiger partial charge in [0.2, 0.25) is 0 Å². The summed E-state index contributed by atoms with van der Waals surface area (Å²) in [5.74, 6) is 0. The molecule has 1 aromatic rings. The summed E-state index contributed by atoms with van der Waals surface area (Å²) >= 11 is 0. The van der Waals surface area contributed by atoms with Crippen LogP contribution in [-0.2, 0) is 7.05 Å². The second kappa shape index (κ2) is 3.14. The summed E-state index contributed by atoms with van der Waals surface area (Å²) in [7, 11) is 1.86. The van der Waals surface area contributed by atoms with Crippen molar-refractivity contribution in [1.82, 2.24) is 9.78 Å². The first kappa shape index (κ1) is 7.72. The van der Waals surface area contributed by atoms with Gasteiger partial charge in [0.15, 0.2) is 0 Å². The molecule has 0 unspecified atom stereocenters. The van der Waals surface area contributed by atoms with Crippen molar-refractivity contribution < 1.29 is 0 Å². The maximum Gasteiger partial charge on any atom is 0.148 e. The van der Waals surface area contributed by atoms with Crippen LogP contribution in [-0.4, -0.2) is 9.78 Å². The fraction of sp³-hybridized carbons (Fsp3) is 0.250. The Hall–Kier alpha value is -1.38. The minimum absolute atomic E-state index is 0.811. The smallest absolute Gasteiger partial charge is 0.148 e. The molecule has 3 heteroatoms. The van der Waals surface area contributed by atoms with E-state index in [1.54, 1.807) is 4.68 Å². The Balaban J connectivity index is 3.30. The molecule has 0 aliphatic heterocycles. The minimum Gasteiger partial charge on any atom is -0.251 e. The van der Waals surface area contributed by atoms with Crippen LogP contribution in [0.4, 0.5) is 0 Å². The molecule has 0 aliphatic rings. The zero-order valence-corrected chi connectivity index (χ0v) is 6.78. The third-order valence-electron chi connectivity index (χ3n) is 1.34. The van der Waals surface area contributed by atoms with E-state index in [0.717, 1.165) is 11.2 Å². The highest BCUT2D eigenvalue weighted by molar-refractivity contribution is 4.96. The van der Waals surface area contributed by atoms with Gasteiger partial charge < -0.3 is 0 Å². The molecule has 0 atom stereocenters. The molecule has 0 saturated carbocycles. The third-order valence-corrected chi connectivity index (χ3v) is 1.34. The molecule has 0 aromatic carbocycles. The van der Waals surface area contributed by atoms with Crippen molar-refractivity contribution in [2.45, 2.75) is 6.92 Å². The minimum atomic E-state index is 0.811. The van der Waals surface area contributed by atoms with Crippen LogP contribution in [0, 0.1) is 6.92 Å². The molecule has 0 N–H and O–H groups in total. The SMILES string of the molecule is C=CN=c1ccc(C)nn1C. The molecule has 1 heterocycles. The molecule has 0 aliphatic carbocycles. The van der Waals surface area contributed by atoms with Gasteiger partial charge in [-0.2, -0.15) is 5.10 Å². The second-order valence-electron chi connectivity index (χ2n) is 2.27. The number of aromatic nitrogens is 2. The summed E-state index contributed by atoms with van der Waals surface area (Å²) in [6.45, 7) is 5.45. The van der Waals surface area contributed by atoms with Gasteiger partial charge in [-0.05, 0) is 19.1 Å². The first-order valence-electron chi connectivity index (χ1n) is 3.40. The summed E-state index contributed by atoms with van der Waals surface area (Å²) in [5, 5.41) is 4.17. The van der Waals surface area contributed by atoms with Gasteiger partial charge in [-0.15, -0.1) is 0 Å². The molecule has 0 bridgehead atoms. The van der Waals surface area contributed by atoms with Gasteiger partial charge in [0, 0.05) is 13.2 Å². The molecular formula is C8H11N3. The Morgan fingerprint density at radius 1 is 1.64 bits per heavy atom. The number of aryl methyl sites for hydroxylation is 2. The van der Waals surface area contributed by atoms with Crippen LogP contribution >= 0.6 is 0 Å². The summed E-state index contributed by atoms with van der Waals surface area (Å²) in [6.07, 6.45) is 1.51. The van der Waals surface area contributed by atoms with Crippen LogP contribution in [0.1, 0.15) is 5.69 Å². The van der Waals surface area contributed by atoms with Crippen molar-refractivity contribution in [1.29, 1.82) is 0 Å². The van der Waals surface area contributed by atoms with Crippen molar-refractivity contribution in [2.75, 3.05) is 0 Å². The maximum absolute atomic E-state index is 4.17. The van der Waals surface area contributed by atoms with E-state index < -0.39 is 0 Å². The van der Waals surface area contributed by atoms with Crippen molar-refractivity contribution >= 4 is 0 Å². The first-order valence-corrected chi connectivity index (χ1v) is 3.40. The van der Waals surface area contributed by atoms with Crippen LogP contribution in [0.5, 0.6) is 0 Å². The number of nitrogens with zero attached hydrogens (tertiary/aromatic N) is 3. The lowest BCUT2D eigenvalue weighted by Crippen LogP contribution is -2.19. The van der Waals surface area contributed by atoms with Gasteiger partial charge in [0.05, 0.1) is 5.69 Å². The van der Waals surface area contributed by atoms with Gasteiger partial charge in [-0.1, -0.05) is 6.58 Å². The van der Waals surface area contributed by atoms with Crippen LogP contribution < -0.4 is 5.49 Å². The highest BCUT2D eigenvalue weighted by Crippen LogP contribution is 1.83. The Kier molecular flexibility index (Phi) is 2.21. The van der Waals surface area contributed by atoms with Crippen molar-refractivity contribution in [3.63, 3.8) is 0 Å². The average molecular weight is 149 g/mol. The quantitative estimate of drug-likeness (QED) is 0.580. The lowest BCUT2D eigenvalue weighted by molar-refractivity contribution is 0.678. The predicted octanol–water partition coefficient (Wildman–Crippen LogP) is 0.773. The Morgan fingerprint density at radius 3 is 2.91 bits per heavy atom. The molecule has 3 nitrogen and oxygen atoms in total. The Morgan fingerprint density at radius 2 is 2.36 bits per heavy atom. The molecular weight excluding hydrogens is 138 g/mol. The van der Waals surface area contributed by atoms with E-state index in [1.165, 1.54) is 6.20 Å². The van der Waals surface area contributed by atoms with Crippen molar-refractivity contribution in [3.8, 4) is 0 Å². The van der Waals surface area contributed by atoms with E-state index in [0.29, 0.717) is 0 Å². The lowest BCUT2D eigenvalue weighted by Gasteiger charge is -1.97. The van der Waals surface area contributed by atoms with Gasteiger partial charge >= 0.3 is 0 Å². The topological polar surface area (TPSA) is 30.2 Å². The van der Waals surface area contributed by atoms with E-state index in [2.05, 4.69) is 16.7 Å².